The van der Waals surface area contributed by atoms with Gasteiger partial charge < -0.3 is 14.2 Å². The van der Waals surface area contributed by atoms with Gasteiger partial charge in [0.25, 0.3) is 5.91 Å². The van der Waals surface area contributed by atoms with Crippen molar-refractivity contribution in [1.29, 1.82) is 5.26 Å². The number of benzene rings is 2. The molecule has 1 aromatic heterocycles. The van der Waals surface area contributed by atoms with E-state index in [9.17, 15) is 10.1 Å². The van der Waals surface area contributed by atoms with Crippen LogP contribution in [0.4, 0.5) is 5.88 Å². The molecule has 156 valence electrons. The smallest absolute Gasteiger partial charge is 0.253 e. The molecule has 2 heterocycles. The summed E-state index contributed by atoms with van der Waals surface area (Å²) in [6.45, 7) is 4.24. The highest BCUT2D eigenvalue weighted by Gasteiger charge is 2.26. The van der Waals surface area contributed by atoms with Gasteiger partial charge in [-0.15, -0.1) is 0 Å². The Hall–Kier alpha value is -3.56. The number of anilines is 1. The van der Waals surface area contributed by atoms with E-state index in [4.69, 9.17) is 16.0 Å². The van der Waals surface area contributed by atoms with Gasteiger partial charge >= 0.3 is 0 Å². The Balaban J connectivity index is 1.43. The lowest BCUT2D eigenvalue weighted by atomic mass is 10.1. The minimum absolute atomic E-state index is 0.0179. The number of nitriles is 1. The second-order valence-corrected chi connectivity index (χ2v) is 7.78. The first-order chi connectivity index (χ1) is 15.0. The maximum atomic E-state index is 12.7. The molecule has 6 nitrogen and oxygen atoms in total. The summed E-state index contributed by atoms with van der Waals surface area (Å²) in [6.07, 6.45) is 3.58. The molecule has 4 rings (SSSR count). The Kier molecular flexibility index (Phi) is 6.06. The van der Waals surface area contributed by atoms with Crippen LogP contribution in [-0.2, 0) is 0 Å². The molecular formula is C24H21ClN4O2. The minimum Gasteiger partial charge on any atom is -0.420 e. The van der Waals surface area contributed by atoms with Gasteiger partial charge in [0.2, 0.25) is 17.5 Å². The van der Waals surface area contributed by atoms with Crippen molar-refractivity contribution in [2.45, 2.75) is 6.92 Å². The summed E-state index contributed by atoms with van der Waals surface area (Å²) in [4.78, 5) is 20.8. The summed E-state index contributed by atoms with van der Waals surface area (Å²) in [5.74, 6) is 0.824. The number of amides is 1. The van der Waals surface area contributed by atoms with Gasteiger partial charge in [-0.3, -0.25) is 4.79 Å². The van der Waals surface area contributed by atoms with E-state index < -0.39 is 0 Å². The predicted molar refractivity (Wildman–Crippen MR) is 121 cm³/mol. The van der Waals surface area contributed by atoms with E-state index in [0.717, 1.165) is 11.1 Å². The number of oxazole rings is 1. The summed E-state index contributed by atoms with van der Waals surface area (Å²) in [5, 5.41) is 10.2. The quantitative estimate of drug-likeness (QED) is 0.600. The van der Waals surface area contributed by atoms with Gasteiger partial charge in [-0.1, -0.05) is 41.4 Å². The number of aromatic nitrogens is 1. The Morgan fingerprint density at radius 1 is 1.06 bits per heavy atom. The summed E-state index contributed by atoms with van der Waals surface area (Å²) < 4.78 is 5.86. The molecule has 2 aromatic carbocycles. The summed E-state index contributed by atoms with van der Waals surface area (Å²) in [6, 6.07) is 17.1. The van der Waals surface area contributed by atoms with Crippen molar-refractivity contribution in [2.24, 2.45) is 0 Å². The van der Waals surface area contributed by atoms with E-state index in [1.807, 2.05) is 59.2 Å². The monoisotopic (exact) mass is 432 g/mol. The molecule has 31 heavy (non-hydrogen) atoms. The number of halogens is 1. The molecule has 7 heteroatoms. The molecule has 1 amide bonds. The van der Waals surface area contributed by atoms with Gasteiger partial charge in [0.1, 0.15) is 6.07 Å². The molecule has 1 fully saturated rings. The molecule has 3 aromatic rings. The van der Waals surface area contributed by atoms with Crippen LogP contribution in [0.5, 0.6) is 0 Å². The summed E-state index contributed by atoms with van der Waals surface area (Å²) >= 11 is 5.91. The van der Waals surface area contributed by atoms with E-state index in [0.29, 0.717) is 48.5 Å². The average molecular weight is 433 g/mol. The lowest BCUT2D eigenvalue weighted by Crippen LogP contribution is -2.48. The van der Waals surface area contributed by atoms with Crippen molar-refractivity contribution >= 4 is 35.5 Å². The van der Waals surface area contributed by atoms with Crippen LogP contribution < -0.4 is 4.90 Å². The lowest BCUT2D eigenvalue weighted by molar-refractivity contribution is 0.0745. The number of hydrogen-bond donors (Lipinski definition) is 0. The molecule has 0 N–H and O–H groups in total. The molecule has 0 spiro atoms. The zero-order chi connectivity index (χ0) is 21.8. The maximum Gasteiger partial charge on any atom is 0.253 e. The van der Waals surface area contributed by atoms with Crippen LogP contribution in [0.25, 0.3) is 12.2 Å². The molecule has 0 aliphatic carbocycles. The van der Waals surface area contributed by atoms with Crippen LogP contribution >= 0.6 is 11.6 Å². The first kappa shape index (κ1) is 20.7. The molecule has 0 radical (unpaired) electrons. The fraction of sp³-hybridized carbons (Fsp3) is 0.208. The van der Waals surface area contributed by atoms with Crippen molar-refractivity contribution < 1.29 is 9.21 Å². The van der Waals surface area contributed by atoms with Crippen molar-refractivity contribution in [1.82, 2.24) is 9.88 Å². The van der Waals surface area contributed by atoms with E-state index >= 15 is 0 Å². The van der Waals surface area contributed by atoms with Gasteiger partial charge in [-0.05, 0) is 42.8 Å². The van der Waals surface area contributed by atoms with E-state index in [-0.39, 0.29) is 11.6 Å². The third-order valence-electron chi connectivity index (χ3n) is 5.17. The topological polar surface area (TPSA) is 73.4 Å². The van der Waals surface area contributed by atoms with Crippen molar-refractivity contribution in [2.75, 3.05) is 31.1 Å². The van der Waals surface area contributed by atoms with E-state index in [2.05, 4.69) is 11.1 Å². The molecule has 1 aliphatic heterocycles. The second-order valence-electron chi connectivity index (χ2n) is 7.35. The van der Waals surface area contributed by atoms with Crippen LogP contribution in [0, 0.1) is 18.3 Å². The third kappa shape index (κ3) is 4.79. The van der Waals surface area contributed by atoms with Crippen molar-refractivity contribution in [3.63, 3.8) is 0 Å². The number of carbonyl (C=O) groups excluding carboxylic acids is 1. The van der Waals surface area contributed by atoms with Crippen molar-refractivity contribution in [3.05, 3.63) is 81.8 Å². The first-order valence-electron chi connectivity index (χ1n) is 9.99. The van der Waals surface area contributed by atoms with Crippen LogP contribution in [0.2, 0.25) is 5.02 Å². The molecular weight excluding hydrogens is 412 g/mol. The molecule has 0 atom stereocenters. The van der Waals surface area contributed by atoms with Gasteiger partial charge in [0, 0.05) is 42.8 Å². The SMILES string of the molecule is Cc1ccc(C(=O)N2CCN(c3oc(C=Cc4ccc(Cl)cc4)nc3C#N)CC2)cc1. The molecule has 0 saturated carbocycles. The number of carbonyl (C=O) groups is 1. The molecule has 1 saturated heterocycles. The Labute approximate surface area is 186 Å². The number of hydrogen-bond acceptors (Lipinski definition) is 5. The van der Waals surface area contributed by atoms with Gasteiger partial charge in [-0.2, -0.15) is 10.2 Å². The largest absolute Gasteiger partial charge is 0.420 e. The minimum atomic E-state index is 0.0179. The zero-order valence-corrected chi connectivity index (χ0v) is 17.8. The van der Waals surface area contributed by atoms with Crippen LogP contribution in [0.3, 0.4) is 0 Å². The molecule has 1 aliphatic rings. The molecule has 0 unspecified atom stereocenters. The highest BCUT2D eigenvalue weighted by Crippen LogP contribution is 2.25. The molecule has 0 bridgehead atoms. The summed E-state index contributed by atoms with van der Waals surface area (Å²) in [5.41, 5.74) is 3.00. The summed E-state index contributed by atoms with van der Waals surface area (Å²) in [7, 11) is 0. The Morgan fingerprint density at radius 3 is 2.39 bits per heavy atom. The maximum absolute atomic E-state index is 12.7. The highest BCUT2D eigenvalue weighted by molar-refractivity contribution is 6.30. The zero-order valence-electron chi connectivity index (χ0n) is 17.1. The van der Waals surface area contributed by atoms with Gasteiger partial charge in [-0.25, -0.2) is 0 Å². The second kappa shape index (κ2) is 9.07. The number of nitrogens with zero attached hydrogens (tertiary/aromatic N) is 4. The third-order valence-corrected chi connectivity index (χ3v) is 5.42. The van der Waals surface area contributed by atoms with E-state index in [1.165, 1.54) is 0 Å². The van der Waals surface area contributed by atoms with Gasteiger partial charge in [0.05, 0.1) is 0 Å². The average Bonchev–Trinajstić information content (AvgIpc) is 3.22. The number of rotatable bonds is 4. The van der Waals surface area contributed by atoms with Crippen molar-refractivity contribution in [3.8, 4) is 6.07 Å². The Morgan fingerprint density at radius 2 is 1.74 bits per heavy atom. The fourth-order valence-corrected chi connectivity index (χ4v) is 3.55. The fourth-order valence-electron chi connectivity index (χ4n) is 3.42. The van der Waals surface area contributed by atoms with Crippen LogP contribution in [-0.4, -0.2) is 42.0 Å². The first-order valence-corrected chi connectivity index (χ1v) is 10.4. The predicted octanol–water partition coefficient (Wildman–Crippen LogP) is 4.64. The lowest BCUT2D eigenvalue weighted by Gasteiger charge is -2.34. The van der Waals surface area contributed by atoms with E-state index in [1.54, 1.807) is 18.2 Å². The van der Waals surface area contributed by atoms with Crippen LogP contribution in [0.1, 0.15) is 33.1 Å². The Bertz CT molecular complexity index is 1140. The standard InChI is InChI=1S/C24H21ClN4O2/c1-17-2-7-19(8-3-17)23(30)28-12-14-29(15-13-28)24-21(16-26)27-22(31-24)11-6-18-4-9-20(25)10-5-18/h2-11H,12-15H2,1H3. The number of aryl methyl sites for hydroxylation is 1. The number of piperazine rings is 1. The van der Waals surface area contributed by atoms with Crippen LogP contribution in [0.15, 0.2) is 52.9 Å². The normalized spacial score (nSPS) is 14.1. The highest BCUT2D eigenvalue weighted by atomic mass is 35.5. The van der Waals surface area contributed by atoms with Gasteiger partial charge in [0.15, 0.2) is 0 Å².